The average molecular weight is 488 g/mol. The minimum absolute atomic E-state index is 0.0258. The number of hydrogen-bond acceptors (Lipinski definition) is 5. The van der Waals surface area contributed by atoms with Gasteiger partial charge in [0, 0.05) is 12.1 Å². The van der Waals surface area contributed by atoms with Crippen LogP contribution in [-0.4, -0.2) is 43.0 Å². The first kappa shape index (κ1) is 24.1. The smallest absolute Gasteiger partial charge is 0.255 e. The molecule has 0 aliphatic rings. The molecule has 4 aromatic rings. The predicted molar refractivity (Wildman–Crippen MR) is 137 cm³/mol. The first-order valence-corrected chi connectivity index (χ1v) is 12.5. The van der Waals surface area contributed by atoms with Crippen LogP contribution in [0.3, 0.4) is 0 Å². The van der Waals surface area contributed by atoms with E-state index < -0.39 is 22.5 Å². The molecule has 4 rings (SSSR count). The summed E-state index contributed by atoms with van der Waals surface area (Å²) >= 11 is 0. The van der Waals surface area contributed by atoms with Crippen molar-refractivity contribution in [2.24, 2.45) is 5.10 Å². The number of amides is 1. The molecule has 0 saturated carbocycles. The van der Waals surface area contributed by atoms with Crippen LogP contribution in [0.4, 0.5) is 0 Å². The monoisotopic (exact) mass is 487 g/mol. The Morgan fingerprint density at radius 3 is 2.29 bits per heavy atom. The Hall–Kier alpha value is -4.01. The van der Waals surface area contributed by atoms with E-state index in [4.69, 9.17) is 0 Å². The summed E-state index contributed by atoms with van der Waals surface area (Å²) in [6.07, 6.45) is 1.81. The summed E-state index contributed by atoms with van der Waals surface area (Å²) in [6.45, 7) is -0.272. The highest BCUT2D eigenvalue weighted by Gasteiger charge is 2.26. The first-order valence-electron chi connectivity index (χ1n) is 11.1. The van der Waals surface area contributed by atoms with Crippen molar-refractivity contribution in [2.45, 2.75) is 11.3 Å². The van der Waals surface area contributed by atoms with E-state index in [-0.39, 0.29) is 17.2 Å². The minimum Gasteiger partial charge on any atom is -0.507 e. The molecule has 7 nitrogen and oxygen atoms in total. The average Bonchev–Trinajstić information content (AvgIpc) is 2.89. The van der Waals surface area contributed by atoms with E-state index in [1.54, 1.807) is 30.3 Å². The lowest BCUT2D eigenvalue weighted by atomic mass is 10.0. The number of benzene rings is 4. The summed E-state index contributed by atoms with van der Waals surface area (Å²) in [5, 5.41) is 15.9. The van der Waals surface area contributed by atoms with Crippen molar-refractivity contribution in [1.82, 2.24) is 9.73 Å². The molecule has 0 atom stereocenters. The topological polar surface area (TPSA) is 99.1 Å². The number of rotatable bonds is 9. The van der Waals surface area contributed by atoms with Gasteiger partial charge in [-0.2, -0.15) is 9.41 Å². The maximum atomic E-state index is 13.2. The molecule has 0 aromatic heterocycles. The van der Waals surface area contributed by atoms with Crippen LogP contribution in [-0.2, 0) is 21.2 Å². The van der Waals surface area contributed by atoms with E-state index in [9.17, 15) is 18.3 Å². The number of nitrogens with one attached hydrogen (secondary N) is 1. The Morgan fingerprint density at radius 2 is 1.54 bits per heavy atom. The van der Waals surface area contributed by atoms with Crippen LogP contribution in [0, 0.1) is 0 Å². The molecule has 178 valence electrons. The molecule has 0 aliphatic heterocycles. The molecule has 35 heavy (non-hydrogen) atoms. The van der Waals surface area contributed by atoms with Crippen molar-refractivity contribution >= 4 is 32.9 Å². The minimum atomic E-state index is -3.90. The Labute approximate surface area is 204 Å². The largest absolute Gasteiger partial charge is 0.507 e. The van der Waals surface area contributed by atoms with Crippen LogP contribution < -0.4 is 5.43 Å². The molecule has 0 heterocycles. The van der Waals surface area contributed by atoms with Crippen LogP contribution in [0.15, 0.2) is 107 Å². The molecular formula is C27H25N3O4S. The van der Waals surface area contributed by atoms with Crippen LogP contribution in [0.5, 0.6) is 5.75 Å². The number of phenols is 1. The summed E-state index contributed by atoms with van der Waals surface area (Å²) in [6, 6.07) is 28.3. The number of hydrogen-bond donors (Lipinski definition) is 2. The highest BCUT2D eigenvalue weighted by atomic mass is 32.2. The van der Waals surface area contributed by atoms with Gasteiger partial charge in [-0.25, -0.2) is 13.8 Å². The standard InChI is InChI=1S/C27H25N3O4S/c31-26-16-15-22-11-7-8-14-24(22)25(26)19-28-29-27(32)20-30(18-17-21-9-3-1-4-10-21)35(33,34)23-12-5-2-6-13-23/h1-16,19,31H,17-18,20H2,(H,29,32)/b28-19-. The van der Waals surface area contributed by atoms with Crippen molar-refractivity contribution in [3.63, 3.8) is 0 Å². The number of carbonyl (C=O) groups excluding carboxylic acids is 1. The Balaban J connectivity index is 1.50. The van der Waals surface area contributed by atoms with Gasteiger partial charge in [-0.3, -0.25) is 4.79 Å². The van der Waals surface area contributed by atoms with Crippen molar-refractivity contribution < 1.29 is 18.3 Å². The van der Waals surface area contributed by atoms with Gasteiger partial charge in [0.2, 0.25) is 10.0 Å². The fraction of sp³-hybridized carbons (Fsp3) is 0.111. The second-order valence-corrected chi connectivity index (χ2v) is 9.84. The number of hydrazone groups is 1. The summed E-state index contributed by atoms with van der Waals surface area (Å²) < 4.78 is 27.6. The maximum Gasteiger partial charge on any atom is 0.255 e. The molecule has 0 aliphatic carbocycles. The first-order chi connectivity index (χ1) is 16.9. The molecule has 0 spiro atoms. The van der Waals surface area contributed by atoms with Crippen LogP contribution in [0.25, 0.3) is 10.8 Å². The summed E-state index contributed by atoms with van der Waals surface area (Å²) in [4.78, 5) is 12.8. The van der Waals surface area contributed by atoms with Gasteiger partial charge in [0.1, 0.15) is 5.75 Å². The fourth-order valence-electron chi connectivity index (χ4n) is 3.71. The summed E-state index contributed by atoms with van der Waals surface area (Å²) in [5.41, 5.74) is 3.81. The Bertz CT molecular complexity index is 1440. The van der Waals surface area contributed by atoms with E-state index in [0.717, 1.165) is 20.6 Å². The van der Waals surface area contributed by atoms with Gasteiger partial charge < -0.3 is 5.11 Å². The molecule has 1 amide bonds. The number of nitrogens with zero attached hydrogens (tertiary/aromatic N) is 2. The molecular weight excluding hydrogens is 462 g/mol. The van der Waals surface area contributed by atoms with E-state index in [1.807, 2.05) is 54.6 Å². The Kier molecular flexibility index (Phi) is 7.54. The van der Waals surface area contributed by atoms with Gasteiger partial charge in [-0.1, -0.05) is 78.9 Å². The van der Waals surface area contributed by atoms with Crippen LogP contribution >= 0.6 is 0 Å². The van der Waals surface area contributed by atoms with Crippen molar-refractivity contribution in [3.05, 3.63) is 108 Å². The third-order valence-corrected chi connectivity index (χ3v) is 7.38. The van der Waals surface area contributed by atoms with Crippen molar-refractivity contribution in [3.8, 4) is 5.75 Å². The van der Waals surface area contributed by atoms with E-state index >= 15 is 0 Å². The number of aromatic hydroxyl groups is 1. The second-order valence-electron chi connectivity index (χ2n) is 7.90. The van der Waals surface area contributed by atoms with Crippen molar-refractivity contribution in [1.29, 1.82) is 0 Å². The molecule has 0 saturated heterocycles. The number of phenolic OH excluding ortho intramolecular Hbond substituents is 1. The maximum absolute atomic E-state index is 13.2. The van der Waals surface area contributed by atoms with Gasteiger partial charge in [-0.15, -0.1) is 0 Å². The quantitative estimate of drug-likeness (QED) is 0.276. The third kappa shape index (κ3) is 5.92. The van der Waals surface area contributed by atoms with E-state index in [0.29, 0.717) is 12.0 Å². The number of sulfonamides is 1. The van der Waals surface area contributed by atoms with Gasteiger partial charge >= 0.3 is 0 Å². The molecule has 0 fully saturated rings. The van der Waals surface area contributed by atoms with Crippen LogP contribution in [0.1, 0.15) is 11.1 Å². The van der Waals surface area contributed by atoms with Gasteiger partial charge in [0.05, 0.1) is 17.7 Å². The van der Waals surface area contributed by atoms with E-state index in [1.165, 1.54) is 18.3 Å². The van der Waals surface area contributed by atoms with Gasteiger partial charge in [-0.05, 0) is 41.0 Å². The lowest BCUT2D eigenvalue weighted by Gasteiger charge is -2.21. The highest BCUT2D eigenvalue weighted by Crippen LogP contribution is 2.25. The molecule has 2 N–H and O–H groups in total. The number of carbonyl (C=O) groups is 1. The zero-order valence-corrected chi connectivity index (χ0v) is 19.7. The zero-order chi connectivity index (χ0) is 24.7. The fourth-order valence-corrected chi connectivity index (χ4v) is 5.13. The lowest BCUT2D eigenvalue weighted by Crippen LogP contribution is -2.40. The number of fused-ring (bicyclic) bond motifs is 1. The van der Waals surface area contributed by atoms with Crippen LogP contribution in [0.2, 0.25) is 0 Å². The second kappa shape index (κ2) is 10.9. The molecule has 8 heteroatoms. The normalized spacial score (nSPS) is 11.8. The SMILES string of the molecule is O=C(CN(CCc1ccccc1)S(=O)(=O)c1ccccc1)N/N=C\c1c(O)ccc2ccccc12. The zero-order valence-electron chi connectivity index (χ0n) is 18.9. The Morgan fingerprint density at radius 1 is 0.886 bits per heavy atom. The van der Waals surface area contributed by atoms with Crippen molar-refractivity contribution in [2.75, 3.05) is 13.1 Å². The van der Waals surface area contributed by atoms with Gasteiger partial charge in [0.25, 0.3) is 5.91 Å². The molecule has 0 bridgehead atoms. The molecule has 4 aromatic carbocycles. The highest BCUT2D eigenvalue weighted by molar-refractivity contribution is 7.89. The third-order valence-electron chi connectivity index (χ3n) is 5.52. The molecule has 0 unspecified atom stereocenters. The predicted octanol–water partition coefficient (Wildman–Crippen LogP) is 3.93. The molecule has 0 radical (unpaired) electrons. The lowest BCUT2D eigenvalue weighted by molar-refractivity contribution is -0.121. The van der Waals surface area contributed by atoms with Gasteiger partial charge in [0.15, 0.2) is 0 Å². The summed E-state index contributed by atoms with van der Waals surface area (Å²) in [5.74, 6) is -0.564. The summed E-state index contributed by atoms with van der Waals surface area (Å²) in [7, 11) is -3.90. The van der Waals surface area contributed by atoms with E-state index in [2.05, 4.69) is 10.5 Å².